The summed E-state index contributed by atoms with van der Waals surface area (Å²) in [5.41, 5.74) is 8.51. The number of ether oxygens (including phenoxy) is 4. The average Bonchev–Trinajstić information content (AvgIpc) is 3.31. The second kappa shape index (κ2) is 21.7. The summed E-state index contributed by atoms with van der Waals surface area (Å²) in [6, 6.07) is 50.6. The molecule has 324 valence electrons. The van der Waals surface area contributed by atoms with Crippen molar-refractivity contribution in [3.63, 3.8) is 0 Å². The Hall–Kier alpha value is -5.96. The first-order valence-corrected chi connectivity index (χ1v) is 22.2. The zero-order chi connectivity index (χ0) is 43.3. The van der Waals surface area contributed by atoms with Gasteiger partial charge in [0.05, 0.1) is 5.69 Å². The van der Waals surface area contributed by atoms with Gasteiger partial charge in [0.1, 0.15) is 47.4 Å². The molecule has 0 spiro atoms. The number of benzene rings is 6. The normalized spacial score (nSPS) is 16.7. The summed E-state index contributed by atoms with van der Waals surface area (Å²) in [7, 11) is 8.36. The summed E-state index contributed by atoms with van der Waals surface area (Å²) in [6.45, 7) is 7.26. The minimum atomic E-state index is -0.219. The van der Waals surface area contributed by atoms with E-state index in [1.54, 1.807) is 0 Å². The van der Waals surface area contributed by atoms with Crippen LogP contribution in [0.2, 0.25) is 0 Å². The Bertz CT molecular complexity index is 2280. The van der Waals surface area contributed by atoms with Crippen LogP contribution in [0.1, 0.15) is 83.5 Å². The van der Waals surface area contributed by atoms with E-state index in [0.29, 0.717) is 13.1 Å². The monoisotopic (exact) mass is 832 g/mol. The zero-order valence-corrected chi connectivity index (χ0v) is 37.4. The minimum Gasteiger partial charge on any atom is -0.485 e. The molecule has 2 N–H and O–H groups in total. The number of rotatable bonds is 14. The average molecular weight is 833 g/mol. The van der Waals surface area contributed by atoms with Crippen LogP contribution in [0.15, 0.2) is 146 Å². The third kappa shape index (κ3) is 10.9. The lowest BCUT2D eigenvalue weighted by molar-refractivity contribution is 0.180. The summed E-state index contributed by atoms with van der Waals surface area (Å²) < 4.78 is 28.7. The summed E-state index contributed by atoms with van der Waals surface area (Å²) in [5, 5.41) is 6.72. The summed E-state index contributed by atoms with van der Waals surface area (Å²) >= 11 is 0. The van der Waals surface area contributed by atoms with Crippen LogP contribution in [0.3, 0.4) is 0 Å². The first kappa shape index (κ1) is 44.1. The van der Waals surface area contributed by atoms with Crippen LogP contribution in [0.25, 0.3) is 0 Å². The summed E-state index contributed by atoms with van der Waals surface area (Å²) in [6.07, 6.45) is 2.21. The lowest BCUT2D eigenvalue weighted by atomic mass is 10.0. The Morgan fingerprint density at radius 2 is 1.02 bits per heavy atom. The van der Waals surface area contributed by atoms with E-state index in [-0.39, 0.29) is 24.4 Å². The molecule has 2 unspecified atom stereocenters. The summed E-state index contributed by atoms with van der Waals surface area (Å²) in [5.74, 6) is 3.26. The molecule has 1 heterocycles. The summed E-state index contributed by atoms with van der Waals surface area (Å²) in [4.78, 5) is 4.72. The van der Waals surface area contributed by atoms with Crippen molar-refractivity contribution in [3.05, 3.63) is 179 Å². The van der Waals surface area contributed by atoms with Gasteiger partial charge in [0.15, 0.2) is 5.75 Å². The molecule has 62 heavy (non-hydrogen) atoms. The Morgan fingerprint density at radius 1 is 0.565 bits per heavy atom. The molecule has 6 aromatic rings. The molecule has 8 nitrogen and oxygen atoms in total. The number of anilines is 2. The van der Waals surface area contributed by atoms with Crippen LogP contribution in [-0.4, -0.2) is 54.4 Å². The van der Waals surface area contributed by atoms with Crippen LogP contribution >= 0.6 is 0 Å². The van der Waals surface area contributed by atoms with Gasteiger partial charge in [0.25, 0.3) is 0 Å². The van der Waals surface area contributed by atoms with Crippen molar-refractivity contribution in [2.75, 3.05) is 64.2 Å². The predicted molar refractivity (Wildman–Crippen MR) is 254 cm³/mol. The van der Waals surface area contributed by atoms with Crippen molar-refractivity contribution in [1.29, 1.82) is 0 Å². The topological polar surface area (TPSA) is 67.5 Å². The molecule has 1 aliphatic heterocycles. The fraction of sp³-hybridized carbons (Fsp3) is 0.333. The third-order valence-electron chi connectivity index (χ3n) is 12.0. The molecule has 0 saturated carbocycles. The maximum Gasteiger partial charge on any atom is 0.152 e. The van der Waals surface area contributed by atoms with Gasteiger partial charge < -0.3 is 39.4 Å². The largest absolute Gasteiger partial charge is 0.485 e. The standard InChI is InChI=1S/C54H64N4O4/c1-39-46-28-19-29-47(39)60-51(44-26-17-10-18-27-44)33-37-58(6)53-45(57(5)36-32-50(59-46)43-24-15-9-16-25-43)38-52(61-48(30-34-55-3)41-20-11-7-12-21-41)40(2)54(53)62-49(31-35-56-4)42-22-13-8-14-23-42/h7-29,38,48-51,55-56H,30-37H2,1-6H3/t48-,49-,50?,51?/m1/s1. The van der Waals surface area contributed by atoms with Crippen molar-refractivity contribution in [2.24, 2.45) is 0 Å². The van der Waals surface area contributed by atoms with E-state index in [1.807, 2.05) is 20.2 Å². The molecular formula is C54H64N4O4. The van der Waals surface area contributed by atoms with Gasteiger partial charge in [-0.05, 0) is 75.4 Å². The van der Waals surface area contributed by atoms with Crippen molar-refractivity contribution in [3.8, 4) is 23.0 Å². The van der Waals surface area contributed by atoms with E-state index >= 15 is 0 Å². The Balaban J connectivity index is 1.40. The lowest BCUT2D eigenvalue weighted by Crippen LogP contribution is -2.29. The Kier molecular flexibility index (Phi) is 15.4. The van der Waals surface area contributed by atoms with Crippen LogP contribution in [0, 0.1) is 13.8 Å². The third-order valence-corrected chi connectivity index (χ3v) is 12.0. The molecule has 7 rings (SSSR count). The van der Waals surface area contributed by atoms with Gasteiger partial charge in [-0.1, -0.05) is 127 Å². The van der Waals surface area contributed by atoms with Crippen molar-refractivity contribution in [2.45, 2.75) is 63.9 Å². The Labute approximate surface area is 369 Å². The smallest absolute Gasteiger partial charge is 0.152 e. The molecule has 1 aliphatic rings. The maximum atomic E-state index is 7.44. The lowest BCUT2D eigenvalue weighted by Gasteiger charge is -2.34. The molecule has 2 bridgehead atoms. The molecule has 0 aromatic heterocycles. The highest BCUT2D eigenvalue weighted by molar-refractivity contribution is 5.82. The first-order chi connectivity index (χ1) is 30.3. The SMILES string of the molecule is CNCC[C@@H](Oc1cc2c(c(O[C@H](CCNC)c3ccccc3)c1C)N(C)CCC(c1ccccc1)Oc1cccc(c1C)OC(c1ccccc1)CCN2C)c1ccccc1. The second-order valence-corrected chi connectivity index (χ2v) is 16.3. The first-order valence-electron chi connectivity index (χ1n) is 22.2. The molecule has 0 amide bonds. The van der Waals surface area contributed by atoms with E-state index in [1.165, 1.54) is 0 Å². The van der Waals surface area contributed by atoms with Crippen LogP contribution in [0.4, 0.5) is 11.4 Å². The van der Waals surface area contributed by atoms with Gasteiger partial charge in [-0.3, -0.25) is 0 Å². The van der Waals surface area contributed by atoms with Gasteiger partial charge >= 0.3 is 0 Å². The van der Waals surface area contributed by atoms with Crippen molar-refractivity contribution >= 4 is 11.4 Å². The number of hydrogen-bond acceptors (Lipinski definition) is 8. The van der Waals surface area contributed by atoms with E-state index in [0.717, 1.165) is 107 Å². The quantitative estimate of drug-likeness (QED) is 0.112. The molecule has 4 atom stereocenters. The predicted octanol–water partition coefficient (Wildman–Crippen LogP) is 11.4. The second-order valence-electron chi connectivity index (χ2n) is 16.3. The fourth-order valence-electron chi connectivity index (χ4n) is 8.34. The van der Waals surface area contributed by atoms with Gasteiger partial charge in [0, 0.05) is 70.1 Å². The Morgan fingerprint density at radius 3 is 1.50 bits per heavy atom. The number of hydrogen-bond donors (Lipinski definition) is 2. The van der Waals surface area contributed by atoms with Crippen LogP contribution in [-0.2, 0) is 0 Å². The van der Waals surface area contributed by atoms with Crippen LogP contribution in [0.5, 0.6) is 23.0 Å². The molecule has 8 heteroatoms. The van der Waals surface area contributed by atoms with Crippen molar-refractivity contribution in [1.82, 2.24) is 10.6 Å². The number of nitrogens with zero attached hydrogens (tertiary/aromatic N) is 2. The highest BCUT2D eigenvalue weighted by atomic mass is 16.5. The molecule has 0 aliphatic carbocycles. The van der Waals surface area contributed by atoms with Gasteiger partial charge in [-0.25, -0.2) is 0 Å². The molecule has 6 aromatic carbocycles. The number of fused-ring (bicyclic) bond motifs is 3. The van der Waals surface area contributed by atoms with Gasteiger partial charge in [-0.15, -0.1) is 0 Å². The number of nitrogens with one attached hydrogen (secondary N) is 2. The fourth-order valence-corrected chi connectivity index (χ4v) is 8.34. The van der Waals surface area contributed by atoms with E-state index in [2.05, 4.69) is 188 Å². The van der Waals surface area contributed by atoms with E-state index in [9.17, 15) is 0 Å². The van der Waals surface area contributed by atoms with Gasteiger partial charge in [0.2, 0.25) is 0 Å². The molecule has 0 saturated heterocycles. The van der Waals surface area contributed by atoms with Gasteiger partial charge in [-0.2, -0.15) is 0 Å². The van der Waals surface area contributed by atoms with Crippen LogP contribution < -0.4 is 39.4 Å². The maximum absolute atomic E-state index is 7.44. The highest BCUT2D eigenvalue weighted by Crippen LogP contribution is 2.49. The minimum absolute atomic E-state index is 0.175. The molecule has 0 radical (unpaired) electrons. The van der Waals surface area contributed by atoms with E-state index < -0.39 is 0 Å². The highest BCUT2D eigenvalue weighted by Gasteiger charge is 2.29. The molecule has 0 fully saturated rings. The van der Waals surface area contributed by atoms with Crippen molar-refractivity contribution < 1.29 is 18.9 Å². The zero-order valence-electron chi connectivity index (χ0n) is 37.4. The van der Waals surface area contributed by atoms with E-state index in [4.69, 9.17) is 18.9 Å². The molecular weight excluding hydrogens is 769 g/mol.